The van der Waals surface area contributed by atoms with Crippen LogP contribution >= 0.6 is 0 Å². The molecule has 4 nitrogen and oxygen atoms in total. The van der Waals surface area contributed by atoms with E-state index in [-0.39, 0.29) is 6.04 Å². The zero-order valence-corrected chi connectivity index (χ0v) is 16.1. The van der Waals surface area contributed by atoms with Gasteiger partial charge in [0.25, 0.3) is 0 Å². The van der Waals surface area contributed by atoms with E-state index in [0.717, 1.165) is 36.6 Å². The van der Waals surface area contributed by atoms with Gasteiger partial charge in [-0.25, -0.2) is 8.78 Å². The van der Waals surface area contributed by atoms with Crippen molar-refractivity contribution in [3.63, 3.8) is 0 Å². The summed E-state index contributed by atoms with van der Waals surface area (Å²) in [6.45, 7) is -1.21. The van der Waals surface area contributed by atoms with Crippen LogP contribution in [0.2, 0.25) is 0 Å². The maximum absolute atomic E-state index is 13.6. The van der Waals surface area contributed by atoms with Crippen molar-refractivity contribution in [1.82, 2.24) is 9.47 Å². The van der Waals surface area contributed by atoms with Crippen LogP contribution in [0.25, 0.3) is 16.6 Å². The maximum Gasteiger partial charge on any atom is 0.112 e. The molecule has 1 aliphatic heterocycles. The molecule has 2 aliphatic rings. The zero-order chi connectivity index (χ0) is 20.4. The van der Waals surface area contributed by atoms with Crippen LogP contribution in [0, 0.1) is 22.7 Å². The lowest BCUT2D eigenvalue weighted by Crippen LogP contribution is -2.39. The molecule has 1 fully saturated rings. The summed E-state index contributed by atoms with van der Waals surface area (Å²) in [5.74, 6) is 0. The fourth-order valence-electron chi connectivity index (χ4n) is 4.58. The van der Waals surface area contributed by atoms with Gasteiger partial charge >= 0.3 is 0 Å². The van der Waals surface area contributed by atoms with Crippen molar-refractivity contribution in [2.75, 3.05) is 19.9 Å². The van der Waals surface area contributed by atoms with E-state index in [4.69, 9.17) is 0 Å². The first-order valence-corrected chi connectivity index (χ1v) is 9.97. The summed E-state index contributed by atoms with van der Waals surface area (Å²) in [7, 11) is 0. The Hall–Kier alpha value is -3.12. The van der Waals surface area contributed by atoms with Crippen molar-refractivity contribution in [2.45, 2.75) is 37.8 Å². The summed E-state index contributed by atoms with van der Waals surface area (Å²) in [4.78, 5) is 1.71. The number of halogens is 2. The lowest BCUT2D eigenvalue weighted by Gasteiger charge is -2.34. The highest BCUT2D eigenvalue weighted by Gasteiger charge is 2.31. The van der Waals surface area contributed by atoms with Crippen LogP contribution in [0.15, 0.2) is 36.4 Å². The molecule has 0 spiro atoms. The van der Waals surface area contributed by atoms with E-state index in [2.05, 4.69) is 16.7 Å². The average Bonchev–Trinajstić information content (AvgIpc) is 3.40. The third-order valence-electron chi connectivity index (χ3n) is 5.98. The van der Waals surface area contributed by atoms with Gasteiger partial charge in [0.15, 0.2) is 0 Å². The molecule has 29 heavy (non-hydrogen) atoms. The van der Waals surface area contributed by atoms with Gasteiger partial charge in [-0.3, -0.25) is 0 Å². The van der Waals surface area contributed by atoms with E-state index < -0.39 is 19.4 Å². The molecule has 1 aromatic heterocycles. The van der Waals surface area contributed by atoms with Gasteiger partial charge in [-0.15, -0.1) is 0 Å². The van der Waals surface area contributed by atoms with Gasteiger partial charge in [-0.1, -0.05) is 31.1 Å². The number of nitrogens with zero attached hydrogens (tertiary/aromatic N) is 4. The summed E-state index contributed by atoms with van der Waals surface area (Å²) in [6, 6.07) is 9.17. The van der Waals surface area contributed by atoms with E-state index in [1.54, 1.807) is 11.0 Å². The second-order valence-electron chi connectivity index (χ2n) is 7.58. The number of benzene rings is 1. The number of aromatic nitrogens is 1. The largest absolute Gasteiger partial charge is 0.358 e. The Balaban J connectivity index is 2.01. The molecule has 2 heterocycles. The summed E-state index contributed by atoms with van der Waals surface area (Å²) < 4.78 is 29.3. The normalized spacial score (nSPS) is 17.0. The molecule has 1 aromatic carbocycles. The van der Waals surface area contributed by atoms with E-state index in [0.29, 0.717) is 29.1 Å². The van der Waals surface area contributed by atoms with Crippen molar-refractivity contribution >= 4 is 16.6 Å². The molecule has 0 saturated heterocycles. The molecule has 0 amide bonds. The minimum Gasteiger partial charge on any atom is -0.358 e. The van der Waals surface area contributed by atoms with Crippen molar-refractivity contribution in [1.29, 1.82) is 10.5 Å². The monoisotopic (exact) mass is 392 g/mol. The molecule has 0 unspecified atom stereocenters. The van der Waals surface area contributed by atoms with Crippen LogP contribution in [-0.2, 0) is 0 Å². The van der Waals surface area contributed by atoms with Crippen molar-refractivity contribution < 1.29 is 8.78 Å². The Kier molecular flexibility index (Phi) is 5.36. The van der Waals surface area contributed by atoms with Gasteiger partial charge in [-0.05, 0) is 31.1 Å². The summed E-state index contributed by atoms with van der Waals surface area (Å²) in [5.41, 5.74) is 3.26. The van der Waals surface area contributed by atoms with E-state index >= 15 is 0 Å². The molecule has 148 valence electrons. The molecule has 4 rings (SSSR count). The van der Waals surface area contributed by atoms with Gasteiger partial charge in [0, 0.05) is 18.0 Å². The van der Waals surface area contributed by atoms with Crippen LogP contribution in [0.4, 0.5) is 8.78 Å². The summed E-state index contributed by atoms with van der Waals surface area (Å²) in [5, 5.41) is 20.2. The fourth-order valence-corrected chi connectivity index (χ4v) is 4.58. The third-order valence-corrected chi connectivity index (χ3v) is 5.98. The summed E-state index contributed by atoms with van der Waals surface area (Å²) in [6.07, 6.45) is 9.75. The number of hydrogen-bond acceptors (Lipinski definition) is 3. The Morgan fingerprint density at radius 3 is 2.52 bits per heavy atom. The highest BCUT2D eigenvalue weighted by Crippen LogP contribution is 2.41. The summed E-state index contributed by atoms with van der Waals surface area (Å²) >= 11 is 0. The molecule has 1 saturated carbocycles. The number of fused-ring (bicyclic) bond motifs is 1. The second-order valence-corrected chi connectivity index (χ2v) is 7.58. The van der Waals surface area contributed by atoms with E-state index in [9.17, 15) is 19.3 Å². The zero-order valence-electron chi connectivity index (χ0n) is 16.1. The molecule has 6 heteroatoms. The van der Waals surface area contributed by atoms with Gasteiger partial charge in [0.05, 0.1) is 40.1 Å². The molecule has 0 radical (unpaired) electrons. The number of alkyl halides is 2. The number of hydrogen-bond donors (Lipinski definition) is 0. The Bertz CT molecular complexity index is 1060. The molecular weight excluding hydrogens is 370 g/mol. The van der Waals surface area contributed by atoms with Crippen LogP contribution in [0.3, 0.4) is 0 Å². The number of allylic oxidation sites excluding steroid dienone is 2. The van der Waals surface area contributed by atoms with E-state index in [1.807, 2.05) is 30.4 Å². The second kappa shape index (κ2) is 8.09. The molecule has 1 aliphatic carbocycles. The Labute approximate surface area is 168 Å². The fraction of sp³-hybridized carbons (Fsp3) is 0.391. The van der Waals surface area contributed by atoms with Crippen molar-refractivity contribution in [3.8, 4) is 12.1 Å². The molecule has 0 atom stereocenters. The van der Waals surface area contributed by atoms with Crippen molar-refractivity contribution in [2.24, 2.45) is 0 Å². The van der Waals surface area contributed by atoms with Gasteiger partial charge in [0.2, 0.25) is 0 Å². The smallest absolute Gasteiger partial charge is 0.112 e. The molecule has 0 N–H and O–H groups in total. The maximum atomic E-state index is 13.6. The molecule has 0 bridgehead atoms. The van der Waals surface area contributed by atoms with Crippen LogP contribution in [0.1, 0.15) is 48.5 Å². The van der Waals surface area contributed by atoms with E-state index in [1.165, 1.54) is 0 Å². The lowest BCUT2D eigenvalue weighted by atomic mass is 10.1. The molecular formula is C23H22F2N4. The first-order chi connectivity index (χ1) is 14.2. The quantitative estimate of drug-likeness (QED) is 0.718. The highest BCUT2D eigenvalue weighted by molar-refractivity contribution is 5.94. The predicted octanol–water partition coefficient (Wildman–Crippen LogP) is 5.02. The predicted molar refractivity (Wildman–Crippen MR) is 108 cm³/mol. The SMILES string of the molecule is N#Cc1ccc2c(C#N)c(C3=CC=CCN3C(CF)CF)n(C3CCCC3)c2c1. The Morgan fingerprint density at radius 2 is 1.86 bits per heavy atom. The number of rotatable bonds is 5. The standard InChI is InChI=1S/C23H22F2N4/c24-12-18(13-25)28-10-4-3-7-21(28)23-20(15-27)19-9-8-16(14-26)11-22(19)29(23)17-5-1-2-6-17/h3-4,7-9,11,17-18H,1-2,5-6,10,12-13H2. The highest BCUT2D eigenvalue weighted by atomic mass is 19.1. The first kappa shape index (κ1) is 19.2. The minimum absolute atomic E-state index is 0.200. The van der Waals surface area contributed by atoms with Gasteiger partial charge in [0.1, 0.15) is 19.4 Å². The average molecular weight is 392 g/mol. The first-order valence-electron chi connectivity index (χ1n) is 9.97. The Morgan fingerprint density at radius 1 is 1.10 bits per heavy atom. The topological polar surface area (TPSA) is 55.8 Å². The lowest BCUT2D eigenvalue weighted by molar-refractivity contribution is 0.211. The van der Waals surface area contributed by atoms with Crippen LogP contribution < -0.4 is 0 Å². The van der Waals surface area contributed by atoms with Gasteiger partial charge in [-0.2, -0.15) is 10.5 Å². The van der Waals surface area contributed by atoms with Gasteiger partial charge < -0.3 is 9.47 Å². The minimum atomic E-state index is -0.887. The third kappa shape index (κ3) is 3.19. The molecule has 2 aromatic rings. The van der Waals surface area contributed by atoms with Crippen LogP contribution in [0.5, 0.6) is 0 Å². The van der Waals surface area contributed by atoms with Crippen molar-refractivity contribution in [3.05, 3.63) is 53.2 Å². The number of nitriles is 2. The van der Waals surface area contributed by atoms with Crippen LogP contribution in [-0.4, -0.2) is 35.4 Å².